The smallest absolute Gasteiger partial charge is 0.328 e. The highest BCUT2D eigenvalue weighted by Crippen LogP contribution is 2.27. The highest BCUT2D eigenvalue weighted by atomic mass is 16.5. The summed E-state index contributed by atoms with van der Waals surface area (Å²) >= 11 is 0. The van der Waals surface area contributed by atoms with E-state index in [1.165, 1.54) is 12.8 Å². The Kier molecular flexibility index (Phi) is 4.33. The molecule has 1 heterocycles. The van der Waals surface area contributed by atoms with Crippen molar-refractivity contribution in [2.24, 2.45) is 5.92 Å². The lowest BCUT2D eigenvalue weighted by atomic mass is 9.99. The number of cyclic esters (lactones) is 1. The average Bonchev–Trinajstić information content (AvgIpc) is 2.91. The molecule has 18 heavy (non-hydrogen) atoms. The summed E-state index contributed by atoms with van der Waals surface area (Å²) in [6.45, 7) is 0.347. The predicted molar refractivity (Wildman–Crippen MR) is 63.7 cm³/mol. The van der Waals surface area contributed by atoms with E-state index in [2.05, 4.69) is 5.32 Å². The Morgan fingerprint density at radius 3 is 2.56 bits per heavy atom. The molecule has 100 valence electrons. The van der Waals surface area contributed by atoms with Gasteiger partial charge in [0.2, 0.25) is 5.91 Å². The number of hydrogen-bond acceptors (Lipinski definition) is 4. The molecule has 2 aliphatic rings. The van der Waals surface area contributed by atoms with Crippen LogP contribution in [0.25, 0.3) is 0 Å². The van der Waals surface area contributed by atoms with E-state index in [9.17, 15) is 14.4 Å². The van der Waals surface area contributed by atoms with Crippen LogP contribution < -0.4 is 5.32 Å². The number of nitrogens with one attached hydrogen (secondary N) is 1. The predicted octanol–water partition coefficient (Wildman–Crippen LogP) is 0.958. The van der Waals surface area contributed by atoms with Crippen LogP contribution in [0, 0.1) is 5.92 Å². The highest BCUT2D eigenvalue weighted by molar-refractivity contribution is 5.99. The molecule has 0 spiro atoms. The summed E-state index contributed by atoms with van der Waals surface area (Å²) in [5.74, 6) is -0.319. The van der Waals surface area contributed by atoms with Gasteiger partial charge in [0.15, 0.2) is 0 Å². The third kappa shape index (κ3) is 3.55. The first-order chi connectivity index (χ1) is 8.65. The van der Waals surface area contributed by atoms with Gasteiger partial charge in [-0.25, -0.2) is 4.79 Å². The van der Waals surface area contributed by atoms with Gasteiger partial charge in [0.25, 0.3) is 0 Å². The Morgan fingerprint density at radius 1 is 1.22 bits per heavy atom. The molecule has 0 aromatic carbocycles. The van der Waals surface area contributed by atoms with Crippen molar-refractivity contribution in [1.82, 2.24) is 5.32 Å². The topological polar surface area (TPSA) is 72.5 Å². The van der Waals surface area contributed by atoms with Crippen molar-refractivity contribution in [2.45, 2.75) is 51.0 Å². The number of hydrogen-bond donors (Lipinski definition) is 1. The van der Waals surface area contributed by atoms with E-state index in [1.54, 1.807) is 0 Å². The monoisotopic (exact) mass is 253 g/mol. The van der Waals surface area contributed by atoms with Crippen LogP contribution in [-0.4, -0.2) is 30.3 Å². The minimum absolute atomic E-state index is 0.0224. The van der Waals surface area contributed by atoms with Gasteiger partial charge in [0, 0.05) is 12.8 Å². The van der Waals surface area contributed by atoms with E-state index in [4.69, 9.17) is 4.74 Å². The maximum atomic E-state index is 11.7. The quantitative estimate of drug-likeness (QED) is 0.585. The molecule has 1 saturated heterocycles. The van der Waals surface area contributed by atoms with Crippen molar-refractivity contribution < 1.29 is 19.1 Å². The SMILES string of the molecule is O=C(CC(=O)NC1CCOC1=O)CC1CCCC1. The van der Waals surface area contributed by atoms with Gasteiger partial charge in [0.05, 0.1) is 13.0 Å². The molecule has 2 fully saturated rings. The zero-order valence-corrected chi connectivity index (χ0v) is 10.4. The zero-order chi connectivity index (χ0) is 13.0. The highest BCUT2D eigenvalue weighted by Gasteiger charge is 2.28. The van der Waals surface area contributed by atoms with E-state index in [1.807, 2.05) is 0 Å². The molecule has 2 rings (SSSR count). The number of ether oxygens (including phenoxy) is 1. The fourth-order valence-corrected chi connectivity index (χ4v) is 2.66. The fraction of sp³-hybridized carbons (Fsp3) is 0.769. The summed E-state index contributed by atoms with van der Waals surface area (Å²) in [7, 11) is 0. The minimum atomic E-state index is -0.559. The van der Waals surface area contributed by atoms with Gasteiger partial charge >= 0.3 is 5.97 Å². The largest absolute Gasteiger partial charge is 0.464 e. The van der Waals surface area contributed by atoms with Crippen LogP contribution in [-0.2, 0) is 19.1 Å². The number of rotatable bonds is 5. The van der Waals surface area contributed by atoms with Crippen molar-refractivity contribution in [2.75, 3.05) is 6.61 Å². The molecule has 0 radical (unpaired) electrons. The minimum Gasteiger partial charge on any atom is -0.464 e. The van der Waals surface area contributed by atoms with Gasteiger partial charge in [-0.3, -0.25) is 9.59 Å². The molecular formula is C13H19NO4. The second-order valence-electron chi connectivity index (χ2n) is 5.15. The van der Waals surface area contributed by atoms with Gasteiger partial charge in [-0.2, -0.15) is 0 Å². The molecule has 1 aliphatic heterocycles. The lowest BCUT2D eigenvalue weighted by Crippen LogP contribution is -2.38. The molecule has 0 bridgehead atoms. The number of amides is 1. The Labute approximate surface area is 106 Å². The maximum absolute atomic E-state index is 11.7. The van der Waals surface area contributed by atoms with Gasteiger partial charge in [-0.1, -0.05) is 25.7 Å². The molecule has 0 aromatic heterocycles. The van der Waals surface area contributed by atoms with E-state index >= 15 is 0 Å². The zero-order valence-electron chi connectivity index (χ0n) is 10.4. The molecular weight excluding hydrogens is 234 g/mol. The van der Waals surface area contributed by atoms with Crippen LogP contribution in [0.15, 0.2) is 0 Å². The summed E-state index contributed by atoms with van der Waals surface area (Å²) in [6, 6.07) is -0.559. The Morgan fingerprint density at radius 2 is 1.94 bits per heavy atom. The van der Waals surface area contributed by atoms with E-state index in [0.29, 0.717) is 25.4 Å². The number of carbonyl (C=O) groups is 3. The summed E-state index contributed by atoms with van der Waals surface area (Å²) in [6.07, 6.45) is 5.48. The lowest BCUT2D eigenvalue weighted by molar-refractivity contribution is -0.142. The summed E-state index contributed by atoms with van der Waals surface area (Å²) in [5, 5.41) is 2.55. The molecule has 1 N–H and O–H groups in total. The third-order valence-corrected chi connectivity index (χ3v) is 3.62. The second kappa shape index (κ2) is 5.98. The van der Waals surface area contributed by atoms with Crippen molar-refractivity contribution in [1.29, 1.82) is 0 Å². The Balaban J connectivity index is 1.69. The first-order valence-electron chi connectivity index (χ1n) is 6.63. The number of esters is 1. The van der Waals surface area contributed by atoms with Crippen molar-refractivity contribution >= 4 is 17.7 Å². The first kappa shape index (κ1) is 13.1. The summed E-state index contributed by atoms with van der Waals surface area (Å²) in [5.41, 5.74) is 0. The molecule has 1 atom stereocenters. The molecule has 1 amide bonds. The maximum Gasteiger partial charge on any atom is 0.328 e. The van der Waals surface area contributed by atoms with Gasteiger partial charge in [-0.15, -0.1) is 0 Å². The van der Waals surface area contributed by atoms with Gasteiger partial charge in [-0.05, 0) is 5.92 Å². The summed E-state index contributed by atoms with van der Waals surface area (Å²) in [4.78, 5) is 34.4. The van der Waals surface area contributed by atoms with Crippen LogP contribution >= 0.6 is 0 Å². The number of Topliss-reactive ketones (excluding diaryl/α,β-unsaturated/α-hetero) is 1. The molecule has 1 unspecified atom stereocenters. The molecule has 1 aliphatic carbocycles. The molecule has 5 nitrogen and oxygen atoms in total. The third-order valence-electron chi connectivity index (χ3n) is 3.62. The second-order valence-corrected chi connectivity index (χ2v) is 5.15. The molecule has 1 saturated carbocycles. The van der Waals surface area contributed by atoms with Crippen LogP contribution in [0.5, 0.6) is 0 Å². The summed E-state index contributed by atoms with van der Waals surface area (Å²) < 4.78 is 4.74. The average molecular weight is 253 g/mol. The molecule has 0 aromatic rings. The normalized spacial score (nSPS) is 24.0. The van der Waals surface area contributed by atoms with E-state index in [0.717, 1.165) is 12.8 Å². The van der Waals surface area contributed by atoms with Crippen LogP contribution in [0.4, 0.5) is 0 Å². The van der Waals surface area contributed by atoms with Gasteiger partial charge < -0.3 is 10.1 Å². The first-order valence-corrected chi connectivity index (χ1v) is 6.63. The van der Waals surface area contributed by atoms with Crippen LogP contribution in [0.1, 0.15) is 44.9 Å². The fourth-order valence-electron chi connectivity index (χ4n) is 2.66. The van der Waals surface area contributed by atoms with Crippen molar-refractivity contribution in [3.05, 3.63) is 0 Å². The van der Waals surface area contributed by atoms with Crippen LogP contribution in [0.3, 0.4) is 0 Å². The number of ketones is 1. The van der Waals surface area contributed by atoms with Gasteiger partial charge in [0.1, 0.15) is 11.8 Å². The van der Waals surface area contributed by atoms with Crippen molar-refractivity contribution in [3.63, 3.8) is 0 Å². The Bertz CT molecular complexity index is 347. The van der Waals surface area contributed by atoms with Crippen LogP contribution in [0.2, 0.25) is 0 Å². The standard InChI is InChI=1S/C13H19NO4/c15-10(7-9-3-1-2-4-9)8-12(16)14-11-5-6-18-13(11)17/h9,11H,1-8H2,(H,14,16). The lowest BCUT2D eigenvalue weighted by Gasteiger charge is -2.10. The number of carbonyl (C=O) groups excluding carboxylic acids is 3. The molecule has 5 heteroatoms. The van der Waals surface area contributed by atoms with E-state index in [-0.39, 0.29) is 18.1 Å². The van der Waals surface area contributed by atoms with E-state index < -0.39 is 12.0 Å². The Hall–Kier alpha value is -1.39. The van der Waals surface area contributed by atoms with Crippen molar-refractivity contribution in [3.8, 4) is 0 Å².